The first-order chi connectivity index (χ1) is 9.15. The zero-order chi connectivity index (χ0) is 13.7. The lowest BCUT2D eigenvalue weighted by atomic mass is 10.2. The molecule has 2 aromatic rings. The monoisotopic (exact) mass is 321 g/mol. The van der Waals surface area contributed by atoms with Crippen LogP contribution in [0.1, 0.15) is 22.6 Å². The van der Waals surface area contributed by atoms with E-state index in [1.54, 1.807) is 12.1 Å². The Bertz CT molecular complexity index is 580. The number of ether oxygens (including phenoxy) is 1. The number of alkyl halides is 1. The molecule has 19 heavy (non-hydrogen) atoms. The summed E-state index contributed by atoms with van der Waals surface area (Å²) in [4.78, 5) is 14.7. The molecule has 1 N–H and O–H groups in total. The third kappa shape index (κ3) is 4.24. The summed E-state index contributed by atoms with van der Waals surface area (Å²) in [6.45, 7) is 2.47. The van der Waals surface area contributed by atoms with Crippen LogP contribution in [0.3, 0.4) is 0 Å². The lowest BCUT2D eigenvalue weighted by Crippen LogP contribution is -2.08. The van der Waals surface area contributed by atoms with Crippen LogP contribution < -0.4 is 10.2 Å². The fourth-order valence-corrected chi connectivity index (χ4v) is 2.26. The van der Waals surface area contributed by atoms with Gasteiger partial charge in [-0.2, -0.15) is 0 Å². The van der Waals surface area contributed by atoms with Gasteiger partial charge in [-0.1, -0.05) is 34.1 Å². The molecule has 0 spiro atoms. The molecule has 1 atom stereocenters. The van der Waals surface area contributed by atoms with E-state index in [9.17, 15) is 4.79 Å². The molecule has 0 saturated heterocycles. The quantitative estimate of drug-likeness (QED) is 0.855. The van der Waals surface area contributed by atoms with E-state index in [0.29, 0.717) is 6.61 Å². The minimum atomic E-state index is 0.0275. The van der Waals surface area contributed by atoms with Crippen molar-refractivity contribution in [1.82, 2.24) is 4.98 Å². The van der Waals surface area contributed by atoms with Gasteiger partial charge in [0.05, 0.1) is 11.4 Å². The number of H-pyrrole nitrogens is 1. The van der Waals surface area contributed by atoms with E-state index in [2.05, 4.69) is 20.9 Å². The molecule has 0 radical (unpaired) electrons. The molecule has 1 heterocycles. The van der Waals surface area contributed by atoms with Gasteiger partial charge in [0.1, 0.15) is 5.75 Å². The Kier molecular flexibility index (Phi) is 4.80. The van der Waals surface area contributed by atoms with Crippen molar-refractivity contribution in [3.8, 4) is 5.75 Å². The van der Waals surface area contributed by atoms with Crippen molar-refractivity contribution in [1.29, 1.82) is 0 Å². The lowest BCUT2D eigenvalue weighted by Gasteiger charge is -2.12. The first-order valence-corrected chi connectivity index (χ1v) is 7.09. The molecule has 0 fully saturated rings. The van der Waals surface area contributed by atoms with Crippen LogP contribution >= 0.6 is 15.9 Å². The van der Waals surface area contributed by atoms with Gasteiger partial charge in [0.2, 0.25) is 0 Å². The largest absolute Gasteiger partial charge is 0.494 e. The molecule has 4 heteroatoms. The van der Waals surface area contributed by atoms with Crippen molar-refractivity contribution < 1.29 is 4.74 Å². The van der Waals surface area contributed by atoms with E-state index in [4.69, 9.17) is 4.74 Å². The lowest BCUT2D eigenvalue weighted by molar-refractivity contribution is 0.310. The van der Waals surface area contributed by atoms with Crippen molar-refractivity contribution in [2.45, 2.75) is 18.2 Å². The zero-order valence-corrected chi connectivity index (χ0v) is 12.3. The van der Waals surface area contributed by atoms with Crippen LogP contribution in [0.5, 0.6) is 5.75 Å². The summed E-state index contributed by atoms with van der Waals surface area (Å²) < 4.78 is 5.64. The molecule has 0 aliphatic heterocycles. The predicted molar refractivity (Wildman–Crippen MR) is 80.0 cm³/mol. The highest BCUT2D eigenvalue weighted by Gasteiger charge is 2.09. The third-order valence-electron chi connectivity index (χ3n) is 2.72. The summed E-state index contributed by atoms with van der Waals surface area (Å²) >= 11 is 3.58. The minimum absolute atomic E-state index is 0.0275. The Labute approximate surface area is 120 Å². The van der Waals surface area contributed by atoms with Crippen molar-refractivity contribution in [3.05, 3.63) is 64.1 Å². The Balaban J connectivity index is 1.91. The van der Waals surface area contributed by atoms with Gasteiger partial charge in [-0.15, -0.1) is 0 Å². The Morgan fingerprint density at radius 2 is 2.00 bits per heavy atom. The molecular formula is C15H16BrNO2. The molecular weight excluding hydrogens is 306 g/mol. The van der Waals surface area contributed by atoms with Crippen LogP contribution in [0.15, 0.2) is 47.3 Å². The maximum absolute atomic E-state index is 11.4. The number of para-hydroxylation sites is 1. The van der Waals surface area contributed by atoms with Crippen LogP contribution in [-0.2, 0) is 0 Å². The summed E-state index contributed by atoms with van der Waals surface area (Å²) in [7, 11) is 0. The van der Waals surface area contributed by atoms with Crippen LogP contribution in [0.25, 0.3) is 0 Å². The van der Waals surface area contributed by atoms with Gasteiger partial charge in [0.15, 0.2) is 5.43 Å². The van der Waals surface area contributed by atoms with E-state index in [1.165, 1.54) is 0 Å². The maximum atomic E-state index is 11.4. The number of rotatable bonds is 5. The molecule has 0 saturated carbocycles. The summed E-state index contributed by atoms with van der Waals surface area (Å²) in [5.74, 6) is 0.861. The van der Waals surface area contributed by atoms with Crippen molar-refractivity contribution in [2.24, 2.45) is 0 Å². The number of halogens is 1. The molecule has 0 aliphatic carbocycles. The predicted octanol–water partition coefficient (Wildman–Crippen LogP) is 3.59. The number of nitrogens with one attached hydrogen (secondary N) is 1. The second kappa shape index (κ2) is 6.57. The van der Waals surface area contributed by atoms with Gasteiger partial charge in [-0.05, 0) is 25.5 Å². The number of aryl methyl sites for hydroxylation is 1. The van der Waals surface area contributed by atoms with E-state index in [1.807, 2.05) is 37.3 Å². The fourth-order valence-electron chi connectivity index (χ4n) is 1.83. The molecule has 0 aliphatic rings. The SMILES string of the molecule is Cc1cc(=O)cc(C(Br)CCOc2ccccc2)[nH]1. The Hall–Kier alpha value is -1.55. The number of pyridine rings is 1. The number of hydrogen-bond donors (Lipinski definition) is 1. The van der Waals surface area contributed by atoms with Gasteiger partial charge >= 0.3 is 0 Å². The Morgan fingerprint density at radius 3 is 2.68 bits per heavy atom. The molecule has 1 aromatic heterocycles. The number of aromatic nitrogens is 1. The molecule has 0 amide bonds. The highest BCUT2D eigenvalue weighted by atomic mass is 79.9. The zero-order valence-electron chi connectivity index (χ0n) is 10.7. The molecule has 3 nitrogen and oxygen atoms in total. The second-order valence-electron chi connectivity index (χ2n) is 4.37. The number of aromatic amines is 1. The van der Waals surface area contributed by atoms with Gasteiger partial charge in [-0.25, -0.2) is 0 Å². The highest BCUT2D eigenvalue weighted by molar-refractivity contribution is 9.09. The second-order valence-corrected chi connectivity index (χ2v) is 5.48. The average Bonchev–Trinajstić information content (AvgIpc) is 2.38. The van der Waals surface area contributed by atoms with Crippen molar-refractivity contribution in [3.63, 3.8) is 0 Å². The smallest absolute Gasteiger partial charge is 0.182 e. The van der Waals surface area contributed by atoms with Crippen LogP contribution in [0, 0.1) is 6.92 Å². The van der Waals surface area contributed by atoms with E-state index < -0.39 is 0 Å². The molecule has 100 valence electrons. The fraction of sp³-hybridized carbons (Fsp3) is 0.267. The Morgan fingerprint density at radius 1 is 1.26 bits per heavy atom. The summed E-state index contributed by atoms with van der Waals surface area (Å²) in [6.07, 6.45) is 0.786. The normalized spacial score (nSPS) is 12.1. The molecule has 0 bridgehead atoms. The summed E-state index contributed by atoms with van der Waals surface area (Å²) in [5.41, 5.74) is 1.79. The summed E-state index contributed by atoms with van der Waals surface area (Å²) in [5, 5.41) is 0. The standard InChI is InChI=1S/C15H16BrNO2/c1-11-9-12(18)10-15(17-11)14(16)7-8-19-13-5-3-2-4-6-13/h2-6,9-10,14H,7-8H2,1H3,(H,17,18). The van der Waals surface area contributed by atoms with Gasteiger partial charge in [0, 0.05) is 23.5 Å². The summed E-state index contributed by atoms with van der Waals surface area (Å²) in [6, 6.07) is 12.9. The van der Waals surface area contributed by atoms with Crippen LogP contribution in [0.4, 0.5) is 0 Å². The maximum Gasteiger partial charge on any atom is 0.182 e. The van der Waals surface area contributed by atoms with E-state index in [0.717, 1.165) is 23.6 Å². The molecule has 1 unspecified atom stereocenters. The van der Waals surface area contributed by atoms with E-state index in [-0.39, 0.29) is 10.3 Å². The first-order valence-electron chi connectivity index (χ1n) is 6.18. The van der Waals surface area contributed by atoms with Gasteiger partial charge in [-0.3, -0.25) is 4.79 Å². The average molecular weight is 322 g/mol. The number of hydrogen-bond acceptors (Lipinski definition) is 2. The third-order valence-corrected chi connectivity index (χ3v) is 3.67. The first kappa shape index (κ1) is 13.9. The minimum Gasteiger partial charge on any atom is -0.494 e. The van der Waals surface area contributed by atoms with Gasteiger partial charge in [0.25, 0.3) is 0 Å². The topological polar surface area (TPSA) is 42.1 Å². The van der Waals surface area contributed by atoms with Crippen molar-refractivity contribution >= 4 is 15.9 Å². The van der Waals surface area contributed by atoms with E-state index >= 15 is 0 Å². The van der Waals surface area contributed by atoms with Crippen LogP contribution in [0.2, 0.25) is 0 Å². The molecule has 2 rings (SSSR count). The molecule has 1 aromatic carbocycles. The number of benzene rings is 1. The highest BCUT2D eigenvalue weighted by Crippen LogP contribution is 2.24. The van der Waals surface area contributed by atoms with Crippen molar-refractivity contribution in [2.75, 3.05) is 6.61 Å². The van der Waals surface area contributed by atoms with Gasteiger partial charge < -0.3 is 9.72 Å². The van der Waals surface area contributed by atoms with Crippen LogP contribution in [-0.4, -0.2) is 11.6 Å².